The number of aromatic nitrogens is 1. The predicted octanol–water partition coefficient (Wildman–Crippen LogP) is 1.03. The summed E-state index contributed by atoms with van der Waals surface area (Å²) < 4.78 is 23.7. The smallest absolute Gasteiger partial charge is 0.270 e. The number of primary sulfonamides is 1. The third-order valence-corrected chi connectivity index (χ3v) is 5.54. The van der Waals surface area contributed by atoms with Gasteiger partial charge in [-0.3, -0.25) is 10.1 Å². The number of nitro benzene ring substituents is 1. The quantitative estimate of drug-likeness (QED) is 0.630. The molecule has 0 radical (unpaired) electrons. The molecule has 24 heavy (non-hydrogen) atoms. The standard InChI is InChI=1S/C13H15N5O4S2/c14-24(21,22)12-9-10(18(19)20)1-2-11(12)16-4-6-17(7-5-16)13-15-3-8-23-13/h1-3,8-9H,4-7H2,(H2,14,21,22). The van der Waals surface area contributed by atoms with Gasteiger partial charge in [-0.25, -0.2) is 18.5 Å². The van der Waals surface area contributed by atoms with E-state index in [1.54, 1.807) is 17.5 Å². The number of non-ortho nitro benzene ring substituents is 1. The van der Waals surface area contributed by atoms with E-state index in [9.17, 15) is 18.5 Å². The zero-order valence-electron chi connectivity index (χ0n) is 12.5. The van der Waals surface area contributed by atoms with E-state index in [1.165, 1.54) is 12.1 Å². The summed E-state index contributed by atoms with van der Waals surface area (Å²) >= 11 is 1.54. The van der Waals surface area contributed by atoms with Gasteiger partial charge in [-0.05, 0) is 6.07 Å². The molecule has 0 bridgehead atoms. The zero-order chi connectivity index (χ0) is 17.3. The highest BCUT2D eigenvalue weighted by atomic mass is 32.2. The maximum Gasteiger partial charge on any atom is 0.270 e. The third kappa shape index (κ3) is 3.32. The van der Waals surface area contributed by atoms with Crippen LogP contribution in [0.1, 0.15) is 0 Å². The van der Waals surface area contributed by atoms with E-state index in [1.807, 2.05) is 10.3 Å². The van der Waals surface area contributed by atoms with Gasteiger partial charge in [0.05, 0.1) is 10.6 Å². The summed E-state index contributed by atoms with van der Waals surface area (Å²) in [4.78, 5) is 18.3. The molecule has 0 unspecified atom stereocenters. The molecule has 1 fully saturated rings. The Balaban J connectivity index is 1.86. The van der Waals surface area contributed by atoms with Crippen molar-refractivity contribution in [2.75, 3.05) is 36.0 Å². The van der Waals surface area contributed by atoms with E-state index >= 15 is 0 Å². The number of nitro groups is 1. The first-order valence-electron chi connectivity index (χ1n) is 7.07. The van der Waals surface area contributed by atoms with E-state index in [2.05, 4.69) is 9.88 Å². The molecule has 128 valence electrons. The number of nitrogens with two attached hydrogens (primary N) is 1. The lowest BCUT2D eigenvalue weighted by Crippen LogP contribution is -2.47. The van der Waals surface area contributed by atoms with Crippen LogP contribution in [-0.4, -0.2) is 44.5 Å². The number of rotatable bonds is 4. The minimum Gasteiger partial charge on any atom is -0.367 e. The lowest BCUT2D eigenvalue weighted by atomic mass is 10.2. The van der Waals surface area contributed by atoms with Crippen LogP contribution < -0.4 is 14.9 Å². The van der Waals surface area contributed by atoms with Gasteiger partial charge in [0.25, 0.3) is 5.69 Å². The fraction of sp³-hybridized carbons (Fsp3) is 0.308. The van der Waals surface area contributed by atoms with Crippen molar-refractivity contribution < 1.29 is 13.3 Å². The van der Waals surface area contributed by atoms with Gasteiger partial charge in [0.15, 0.2) is 5.13 Å². The predicted molar refractivity (Wildman–Crippen MR) is 91.0 cm³/mol. The largest absolute Gasteiger partial charge is 0.367 e. The zero-order valence-corrected chi connectivity index (χ0v) is 14.2. The minimum atomic E-state index is -4.07. The van der Waals surface area contributed by atoms with Crippen LogP contribution in [0.15, 0.2) is 34.7 Å². The fourth-order valence-corrected chi connectivity index (χ4v) is 4.09. The van der Waals surface area contributed by atoms with Gasteiger partial charge >= 0.3 is 0 Å². The summed E-state index contributed by atoms with van der Waals surface area (Å²) in [7, 11) is -4.07. The van der Waals surface area contributed by atoms with Crippen LogP contribution >= 0.6 is 11.3 Å². The van der Waals surface area contributed by atoms with E-state index in [-0.39, 0.29) is 10.6 Å². The Labute approximate surface area is 142 Å². The second-order valence-corrected chi connectivity index (χ2v) is 7.65. The molecule has 1 aromatic carbocycles. The highest BCUT2D eigenvalue weighted by Crippen LogP contribution is 2.30. The van der Waals surface area contributed by atoms with Crippen molar-refractivity contribution >= 4 is 37.9 Å². The van der Waals surface area contributed by atoms with Gasteiger partial charge in [-0.2, -0.15) is 0 Å². The summed E-state index contributed by atoms with van der Waals surface area (Å²) in [6, 6.07) is 3.74. The Bertz CT molecular complexity index is 845. The highest BCUT2D eigenvalue weighted by molar-refractivity contribution is 7.89. The molecule has 0 saturated carbocycles. The lowest BCUT2D eigenvalue weighted by molar-refractivity contribution is -0.385. The van der Waals surface area contributed by atoms with E-state index in [4.69, 9.17) is 5.14 Å². The number of anilines is 2. The molecule has 1 aromatic heterocycles. The van der Waals surface area contributed by atoms with E-state index < -0.39 is 14.9 Å². The second-order valence-electron chi connectivity index (χ2n) is 5.24. The number of nitrogens with zero attached hydrogens (tertiary/aromatic N) is 4. The Hall–Kier alpha value is -2.24. The number of hydrogen-bond acceptors (Lipinski definition) is 8. The molecular weight excluding hydrogens is 354 g/mol. The first-order valence-corrected chi connectivity index (χ1v) is 9.49. The molecule has 0 amide bonds. The molecule has 2 N–H and O–H groups in total. The normalized spacial score (nSPS) is 15.5. The second kappa shape index (κ2) is 6.34. The van der Waals surface area contributed by atoms with Gasteiger partial charge in [0, 0.05) is 49.9 Å². The SMILES string of the molecule is NS(=O)(=O)c1cc([N+](=O)[O-])ccc1N1CCN(c2nccs2)CC1. The summed E-state index contributed by atoms with van der Waals surface area (Å²) in [5.41, 5.74) is 0.0890. The van der Waals surface area contributed by atoms with Crippen LogP contribution in [-0.2, 0) is 10.0 Å². The fourth-order valence-electron chi connectivity index (χ4n) is 2.62. The number of thiazole rings is 1. The van der Waals surface area contributed by atoms with Crippen LogP contribution in [0, 0.1) is 10.1 Å². The van der Waals surface area contributed by atoms with E-state index in [0.717, 1.165) is 11.2 Å². The summed E-state index contributed by atoms with van der Waals surface area (Å²) in [5.74, 6) is 0. The molecule has 2 aromatic rings. The van der Waals surface area contributed by atoms with Crippen LogP contribution in [0.5, 0.6) is 0 Å². The topological polar surface area (TPSA) is 123 Å². The monoisotopic (exact) mass is 369 g/mol. The van der Waals surface area contributed by atoms with Crippen LogP contribution in [0.25, 0.3) is 0 Å². The molecule has 1 aliphatic heterocycles. The number of hydrogen-bond donors (Lipinski definition) is 1. The molecule has 11 heteroatoms. The molecular formula is C13H15N5O4S2. The average Bonchev–Trinajstić information content (AvgIpc) is 3.08. The summed E-state index contributed by atoms with van der Waals surface area (Å²) in [5, 5.41) is 18.9. The van der Waals surface area contributed by atoms with Crippen molar-refractivity contribution in [2.45, 2.75) is 4.90 Å². The third-order valence-electron chi connectivity index (χ3n) is 3.77. The molecule has 1 saturated heterocycles. The van der Waals surface area contributed by atoms with Crippen LogP contribution in [0.2, 0.25) is 0 Å². The molecule has 0 spiro atoms. The van der Waals surface area contributed by atoms with Crippen molar-refractivity contribution in [1.82, 2.24) is 4.98 Å². The molecule has 3 rings (SSSR count). The highest BCUT2D eigenvalue weighted by Gasteiger charge is 2.25. The maximum absolute atomic E-state index is 11.8. The van der Waals surface area contributed by atoms with Gasteiger partial charge in [0.2, 0.25) is 10.0 Å². The Morgan fingerprint density at radius 3 is 2.42 bits per heavy atom. The van der Waals surface area contributed by atoms with Crippen LogP contribution in [0.4, 0.5) is 16.5 Å². The van der Waals surface area contributed by atoms with Crippen molar-refractivity contribution in [3.63, 3.8) is 0 Å². The first kappa shape index (κ1) is 16.6. The van der Waals surface area contributed by atoms with Gasteiger partial charge in [-0.1, -0.05) is 0 Å². The van der Waals surface area contributed by atoms with Crippen molar-refractivity contribution in [3.05, 3.63) is 39.9 Å². The van der Waals surface area contributed by atoms with Gasteiger partial charge in [0.1, 0.15) is 4.90 Å². The number of piperazine rings is 1. The van der Waals surface area contributed by atoms with Crippen molar-refractivity contribution in [2.24, 2.45) is 5.14 Å². The van der Waals surface area contributed by atoms with Crippen LogP contribution in [0.3, 0.4) is 0 Å². The number of sulfonamides is 1. The van der Waals surface area contributed by atoms with Crippen molar-refractivity contribution in [3.8, 4) is 0 Å². The molecule has 0 atom stereocenters. The first-order chi connectivity index (χ1) is 11.4. The van der Waals surface area contributed by atoms with E-state index in [0.29, 0.717) is 31.9 Å². The molecule has 1 aliphatic rings. The van der Waals surface area contributed by atoms with Crippen molar-refractivity contribution in [1.29, 1.82) is 0 Å². The summed E-state index contributed by atoms with van der Waals surface area (Å²) in [6.45, 7) is 2.49. The van der Waals surface area contributed by atoms with Gasteiger partial charge < -0.3 is 9.80 Å². The van der Waals surface area contributed by atoms with Gasteiger partial charge in [-0.15, -0.1) is 11.3 Å². The molecule has 0 aliphatic carbocycles. The minimum absolute atomic E-state index is 0.223. The summed E-state index contributed by atoms with van der Waals surface area (Å²) in [6.07, 6.45) is 1.74. The maximum atomic E-state index is 11.8. The Morgan fingerprint density at radius 2 is 1.88 bits per heavy atom. The Morgan fingerprint density at radius 1 is 1.21 bits per heavy atom. The lowest BCUT2D eigenvalue weighted by Gasteiger charge is -2.36. The number of benzene rings is 1. The molecule has 9 nitrogen and oxygen atoms in total. The Kier molecular flexibility index (Phi) is 4.39. The average molecular weight is 369 g/mol. The molecule has 2 heterocycles.